The van der Waals surface area contributed by atoms with E-state index in [0.29, 0.717) is 12.4 Å². The van der Waals surface area contributed by atoms with Crippen LogP contribution in [0, 0.1) is 5.41 Å². The molecule has 2 rings (SSSR count). The van der Waals surface area contributed by atoms with Crippen molar-refractivity contribution < 1.29 is 4.79 Å². The lowest BCUT2D eigenvalue weighted by Crippen LogP contribution is -2.48. The number of fused-ring (bicyclic) bond motifs is 1. The summed E-state index contributed by atoms with van der Waals surface area (Å²) in [5.74, 6) is 0.505. The number of nitrogens with zero attached hydrogens (tertiary/aromatic N) is 3. The fourth-order valence-electron chi connectivity index (χ4n) is 1.68. The highest BCUT2D eigenvalue weighted by Gasteiger charge is 2.27. The Hall–Kier alpha value is -1.95. The van der Waals surface area contributed by atoms with Crippen LogP contribution in [0.25, 0.3) is 5.65 Å². The third kappa shape index (κ3) is 2.90. The van der Waals surface area contributed by atoms with E-state index < -0.39 is 6.04 Å². The molecule has 2 heterocycles. The van der Waals surface area contributed by atoms with Gasteiger partial charge >= 0.3 is 0 Å². The molecule has 0 spiro atoms. The molecule has 0 saturated heterocycles. The third-order valence-electron chi connectivity index (χ3n) is 3.02. The van der Waals surface area contributed by atoms with Gasteiger partial charge in [0.25, 0.3) is 0 Å². The summed E-state index contributed by atoms with van der Waals surface area (Å²) in [6.45, 7) is 6.12. The molecule has 1 amide bonds. The molecule has 0 radical (unpaired) electrons. The van der Waals surface area contributed by atoms with Crippen LogP contribution in [0.3, 0.4) is 0 Å². The molecule has 0 saturated carbocycles. The Bertz CT molecular complexity index is 584. The van der Waals surface area contributed by atoms with E-state index in [2.05, 4.69) is 15.5 Å². The number of carbonyl (C=O) groups is 1. The summed E-state index contributed by atoms with van der Waals surface area (Å²) < 4.78 is 1.84. The van der Waals surface area contributed by atoms with Crippen molar-refractivity contribution in [3.8, 4) is 0 Å². The molecule has 0 aliphatic heterocycles. The Balaban J connectivity index is 2.05. The van der Waals surface area contributed by atoms with Crippen molar-refractivity contribution in [1.82, 2.24) is 19.9 Å². The van der Waals surface area contributed by atoms with Gasteiger partial charge in [-0.1, -0.05) is 26.8 Å². The van der Waals surface area contributed by atoms with E-state index in [0.717, 1.165) is 5.65 Å². The van der Waals surface area contributed by atoms with Crippen LogP contribution in [0.15, 0.2) is 24.4 Å². The van der Waals surface area contributed by atoms with Gasteiger partial charge in [0.2, 0.25) is 5.91 Å². The van der Waals surface area contributed by atoms with Crippen LogP contribution in [0.1, 0.15) is 26.6 Å². The Kier molecular flexibility index (Phi) is 3.53. The molecule has 19 heavy (non-hydrogen) atoms. The maximum absolute atomic E-state index is 11.9. The fourth-order valence-corrected chi connectivity index (χ4v) is 1.68. The van der Waals surface area contributed by atoms with Crippen molar-refractivity contribution >= 4 is 11.6 Å². The van der Waals surface area contributed by atoms with Crippen LogP contribution in [0.5, 0.6) is 0 Å². The fraction of sp³-hybridized carbons (Fsp3) is 0.462. The lowest BCUT2D eigenvalue weighted by atomic mass is 9.87. The molecular formula is C13H19N5O. The number of nitrogens with one attached hydrogen (secondary N) is 1. The van der Waals surface area contributed by atoms with Crippen LogP contribution < -0.4 is 11.1 Å². The van der Waals surface area contributed by atoms with E-state index in [1.54, 1.807) is 0 Å². The lowest BCUT2D eigenvalue weighted by Gasteiger charge is -2.25. The molecule has 6 nitrogen and oxygen atoms in total. The molecule has 1 atom stereocenters. The molecule has 3 N–H and O–H groups in total. The Morgan fingerprint density at radius 2 is 2.16 bits per heavy atom. The van der Waals surface area contributed by atoms with Gasteiger partial charge in [-0.3, -0.25) is 9.20 Å². The van der Waals surface area contributed by atoms with Gasteiger partial charge < -0.3 is 11.1 Å². The summed E-state index contributed by atoms with van der Waals surface area (Å²) >= 11 is 0. The molecule has 102 valence electrons. The topological polar surface area (TPSA) is 85.3 Å². The zero-order valence-electron chi connectivity index (χ0n) is 11.4. The average Bonchev–Trinajstić information content (AvgIpc) is 2.77. The summed E-state index contributed by atoms with van der Waals surface area (Å²) in [5.41, 5.74) is 6.38. The number of hydrogen-bond donors (Lipinski definition) is 2. The first-order chi connectivity index (χ1) is 8.89. The summed E-state index contributed by atoms with van der Waals surface area (Å²) in [4.78, 5) is 11.9. The summed E-state index contributed by atoms with van der Waals surface area (Å²) in [6, 6.07) is 5.09. The van der Waals surface area contributed by atoms with Crippen molar-refractivity contribution in [1.29, 1.82) is 0 Å². The number of amides is 1. The third-order valence-corrected chi connectivity index (χ3v) is 3.02. The maximum atomic E-state index is 11.9. The van der Waals surface area contributed by atoms with E-state index >= 15 is 0 Å². The van der Waals surface area contributed by atoms with Gasteiger partial charge in [0.15, 0.2) is 11.5 Å². The van der Waals surface area contributed by atoms with Crippen molar-refractivity contribution in [2.24, 2.45) is 11.1 Å². The molecule has 2 aromatic heterocycles. The molecule has 0 aliphatic rings. The highest BCUT2D eigenvalue weighted by Crippen LogP contribution is 2.17. The Morgan fingerprint density at radius 3 is 2.84 bits per heavy atom. The second kappa shape index (κ2) is 4.97. The van der Waals surface area contributed by atoms with Crippen LogP contribution in [-0.2, 0) is 11.3 Å². The molecule has 2 aromatic rings. The predicted octanol–water partition coefficient (Wildman–Crippen LogP) is 0.719. The van der Waals surface area contributed by atoms with E-state index in [1.165, 1.54) is 0 Å². The molecule has 0 aromatic carbocycles. The molecule has 0 bridgehead atoms. The highest BCUT2D eigenvalue weighted by molar-refractivity contribution is 5.82. The highest BCUT2D eigenvalue weighted by atomic mass is 16.2. The van der Waals surface area contributed by atoms with Gasteiger partial charge in [-0.25, -0.2) is 0 Å². The van der Waals surface area contributed by atoms with Crippen LogP contribution in [0.4, 0.5) is 0 Å². The van der Waals surface area contributed by atoms with E-state index in [4.69, 9.17) is 5.73 Å². The van der Waals surface area contributed by atoms with Crippen molar-refractivity contribution in [2.45, 2.75) is 33.4 Å². The average molecular weight is 261 g/mol. The van der Waals surface area contributed by atoms with Crippen molar-refractivity contribution in [3.63, 3.8) is 0 Å². The minimum Gasteiger partial charge on any atom is -0.347 e. The maximum Gasteiger partial charge on any atom is 0.237 e. The standard InChI is InChI=1S/C13H19N5O/c1-13(2,3)11(14)12(19)15-8-10-17-16-9-6-4-5-7-18(9)10/h4-7,11H,8,14H2,1-3H3,(H,15,19). The lowest BCUT2D eigenvalue weighted by molar-refractivity contribution is -0.124. The number of hydrogen-bond acceptors (Lipinski definition) is 4. The van der Waals surface area contributed by atoms with Gasteiger partial charge in [-0.05, 0) is 17.5 Å². The normalized spacial score (nSPS) is 13.5. The zero-order valence-corrected chi connectivity index (χ0v) is 11.4. The van der Waals surface area contributed by atoms with Crippen molar-refractivity contribution in [2.75, 3.05) is 0 Å². The van der Waals surface area contributed by atoms with Gasteiger partial charge in [0.05, 0.1) is 12.6 Å². The quantitative estimate of drug-likeness (QED) is 0.852. The number of carbonyl (C=O) groups excluding carboxylic acids is 1. The minimum absolute atomic E-state index is 0.180. The van der Waals surface area contributed by atoms with Crippen molar-refractivity contribution in [3.05, 3.63) is 30.2 Å². The number of pyridine rings is 1. The Labute approximate surface area is 112 Å². The smallest absolute Gasteiger partial charge is 0.237 e. The minimum atomic E-state index is -0.549. The first kappa shape index (κ1) is 13.5. The molecule has 6 heteroatoms. The largest absolute Gasteiger partial charge is 0.347 e. The zero-order chi connectivity index (χ0) is 14.0. The molecule has 0 aliphatic carbocycles. The first-order valence-corrected chi connectivity index (χ1v) is 6.21. The summed E-state index contributed by atoms with van der Waals surface area (Å²) in [7, 11) is 0. The second-order valence-electron chi connectivity index (χ2n) is 5.61. The number of nitrogens with two attached hydrogens (primary N) is 1. The van der Waals surface area contributed by atoms with Crippen LogP contribution >= 0.6 is 0 Å². The van der Waals surface area contributed by atoms with Gasteiger partial charge in [-0.15, -0.1) is 10.2 Å². The van der Waals surface area contributed by atoms with E-state index in [1.807, 2.05) is 49.6 Å². The van der Waals surface area contributed by atoms with Gasteiger partial charge in [0, 0.05) is 6.20 Å². The Morgan fingerprint density at radius 1 is 1.42 bits per heavy atom. The molecule has 1 unspecified atom stereocenters. The van der Waals surface area contributed by atoms with Crippen LogP contribution in [-0.4, -0.2) is 26.5 Å². The first-order valence-electron chi connectivity index (χ1n) is 6.21. The van der Waals surface area contributed by atoms with Gasteiger partial charge in [0.1, 0.15) is 0 Å². The predicted molar refractivity (Wildman–Crippen MR) is 72.3 cm³/mol. The second-order valence-corrected chi connectivity index (χ2v) is 5.61. The van der Waals surface area contributed by atoms with Crippen LogP contribution in [0.2, 0.25) is 0 Å². The van der Waals surface area contributed by atoms with Gasteiger partial charge in [-0.2, -0.15) is 0 Å². The summed E-state index contributed by atoms with van der Waals surface area (Å²) in [5, 5.41) is 10.9. The SMILES string of the molecule is CC(C)(C)C(N)C(=O)NCc1nnc2ccccn12. The number of aromatic nitrogens is 3. The monoisotopic (exact) mass is 261 g/mol. The summed E-state index contributed by atoms with van der Waals surface area (Å²) in [6.07, 6.45) is 1.86. The van der Waals surface area contributed by atoms with E-state index in [-0.39, 0.29) is 11.3 Å². The number of rotatable bonds is 3. The molecule has 0 fully saturated rings. The van der Waals surface area contributed by atoms with E-state index in [9.17, 15) is 4.79 Å². The molecular weight excluding hydrogens is 242 g/mol.